The van der Waals surface area contributed by atoms with Gasteiger partial charge < -0.3 is 4.57 Å². The molecule has 0 saturated heterocycles. The molecule has 1 nitrogen and oxygen atoms in total. The van der Waals surface area contributed by atoms with Gasteiger partial charge in [0.05, 0.1) is 27.5 Å². The van der Waals surface area contributed by atoms with E-state index in [1.807, 2.05) is 0 Å². The number of hydrogen-bond donors (Lipinski definition) is 0. The molecule has 0 unspecified atom stereocenters. The number of halogens is 1. The van der Waals surface area contributed by atoms with Crippen molar-refractivity contribution in [1.29, 1.82) is 0 Å². The van der Waals surface area contributed by atoms with Crippen LogP contribution in [0.1, 0.15) is 16.4 Å². The normalized spacial score (nSPS) is 19.6. The van der Waals surface area contributed by atoms with Crippen LogP contribution in [-0.4, -0.2) is 4.57 Å². The predicted molar refractivity (Wildman–Crippen MR) is 88.5 cm³/mol. The highest BCUT2D eigenvalue weighted by Gasteiger charge is 2.10. The van der Waals surface area contributed by atoms with E-state index in [0.717, 1.165) is 4.57 Å². The minimum Gasteiger partial charge on any atom is -0.309 e. The second kappa shape index (κ2) is 4.50. The highest BCUT2D eigenvalue weighted by Crippen LogP contribution is 2.32. The Morgan fingerprint density at radius 3 is 2.00 bits per heavy atom. The quantitative estimate of drug-likeness (QED) is 0.430. The molecule has 0 radical (unpaired) electrons. The van der Waals surface area contributed by atoms with E-state index < -0.39 is 72.5 Å². The number of aromatic nitrogens is 1. The first-order chi connectivity index (χ1) is 14.8. The van der Waals surface area contributed by atoms with Gasteiger partial charge in [0.1, 0.15) is 0 Å². The third-order valence-electron chi connectivity index (χ3n) is 2.84. The fourth-order valence-corrected chi connectivity index (χ4v) is 2.35. The van der Waals surface area contributed by atoms with Crippen LogP contribution < -0.4 is 0 Å². The van der Waals surface area contributed by atoms with Gasteiger partial charge in [0.15, 0.2) is 0 Å². The molecule has 0 aliphatic carbocycles. The molecule has 0 bridgehead atoms. The highest BCUT2D eigenvalue weighted by molar-refractivity contribution is 9.10. The number of fused-ring (bicyclic) bond motifs is 3. The Balaban J connectivity index is 2.50. The van der Waals surface area contributed by atoms with Gasteiger partial charge >= 0.3 is 0 Å². The van der Waals surface area contributed by atoms with Gasteiger partial charge in [0.25, 0.3) is 0 Å². The van der Waals surface area contributed by atoms with E-state index in [9.17, 15) is 0 Å². The van der Waals surface area contributed by atoms with Crippen LogP contribution in [0.2, 0.25) is 0 Å². The minimum atomic E-state index is -0.623. The Hall–Kier alpha value is -2.06. The third-order valence-corrected chi connectivity index (χ3v) is 3.23. The topological polar surface area (TPSA) is 4.93 Å². The van der Waals surface area contributed by atoms with E-state index in [1.54, 1.807) is 0 Å². The lowest BCUT2D eigenvalue weighted by molar-refractivity contribution is 1.18. The number of rotatable bonds is 1. The van der Waals surface area contributed by atoms with Crippen molar-refractivity contribution >= 4 is 37.7 Å². The van der Waals surface area contributed by atoms with E-state index in [-0.39, 0.29) is 32.0 Å². The SMILES string of the molecule is [2H]c1c([2H])c(Br)c([2H])c(-n2c3c([2H])c([2H])c([2H])c([2H])c3c3c([2H])c([2H])c([2H])c([2H])c32)c1[2H]. The lowest BCUT2D eigenvalue weighted by Crippen LogP contribution is -1.93. The molecule has 96 valence electrons. The fraction of sp³-hybridized carbons (Fsp3) is 0. The molecule has 0 saturated carbocycles. The third kappa shape index (κ3) is 1.69. The van der Waals surface area contributed by atoms with Crippen LogP contribution in [-0.2, 0) is 0 Å². The van der Waals surface area contributed by atoms with Crippen LogP contribution in [0.3, 0.4) is 0 Å². The van der Waals surface area contributed by atoms with Crippen LogP contribution in [0, 0.1) is 0 Å². The largest absolute Gasteiger partial charge is 0.309 e. The molecule has 4 rings (SSSR count). The molecule has 4 aromatic rings. The lowest BCUT2D eigenvalue weighted by atomic mass is 10.2. The number of benzene rings is 3. The van der Waals surface area contributed by atoms with Gasteiger partial charge in [-0.15, -0.1) is 0 Å². The summed E-state index contributed by atoms with van der Waals surface area (Å²) in [6.07, 6.45) is 0. The van der Waals surface area contributed by atoms with Crippen molar-refractivity contribution in [3.05, 3.63) is 77.0 Å². The summed E-state index contributed by atoms with van der Waals surface area (Å²) in [5.74, 6) is 0. The van der Waals surface area contributed by atoms with Crippen LogP contribution >= 0.6 is 15.9 Å². The van der Waals surface area contributed by atoms with Crippen molar-refractivity contribution in [2.45, 2.75) is 0 Å². The Bertz CT molecular complexity index is 1400. The second-order valence-corrected chi connectivity index (χ2v) is 4.74. The molecule has 0 fully saturated rings. The van der Waals surface area contributed by atoms with Crippen LogP contribution in [0.5, 0.6) is 0 Å². The molecule has 1 heterocycles. The summed E-state index contributed by atoms with van der Waals surface area (Å²) < 4.78 is 99.6. The van der Waals surface area contributed by atoms with Crippen LogP contribution in [0.15, 0.2) is 77.0 Å². The molecule has 0 atom stereocenters. The monoisotopic (exact) mass is 333 g/mol. The molecule has 2 heteroatoms. The molecule has 1 aromatic heterocycles. The average molecular weight is 334 g/mol. The molecule has 0 amide bonds. The summed E-state index contributed by atoms with van der Waals surface area (Å²) in [5.41, 5.74) is -0.832. The number of hydrogen-bond acceptors (Lipinski definition) is 0. The number of nitrogens with zero attached hydrogens (tertiary/aromatic N) is 1. The highest BCUT2D eigenvalue weighted by atomic mass is 79.9. The van der Waals surface area contributed by atoms with Gasteiger partial charge in [0, 0.05) is 20.9 Å². The Morgan fingerprint density at radius 1 is 0.750 bits per heavy atom. The molecule has 0 aliphatic rings. The van der Waals surface area contributed by atoms with Crippen LogP contribution in [0.25, 0.3) is 27.5 Å². The summed E-state index contributed by atoms with van der Waals surface area (Å²) in [6.45, 7) is 0. The molecule has 20 heavy (non-hydrogen) atoms. The van der Waals surface area contributed by atoms with Gasteiger partial charge in [-0.3, -0.25) is 0 Å². The molecule has 0 N–H and O–H groups in total. The summed E-state index contributed by atoms with van der Waals surface area (Å²) in [4.78, 5) is 0. The van der Waals surface area contributed by atoms with Gasteiger partial charge in [-0.25, -0.2) is 0 Å². The van der Waals surface area contributed by atoms with E-state index in [4.69, 9.17) is 16.4 Å². The molecular formula is C18H12BrN. The van der Waals surface area contributed by atoms with Crippen molar-refractivity contribution in [1.82, 2.24) is 4.57 Å². The van der Waals surface area contributed by atoms with E-state index in [1.165, 1.54) is 0 Å². The zero-order chi connectivity index (χ0) is 24.0. The molecule has 0 spiro atoms. The van der Waals surface area contributed by atoms with Crippen molar-refractivity contribution in [2.75, 3.05) is 0 Å². The van der Waals surface area contributed by atoms with E-state index in [2.05, 4.69) is 15.9 Å². The minimum absolute atomic E-state index is 0.134. The second-order valence-electron chi connectivity index (χ2n) is 3.95. The first-order valence-electron chi connectivity index (χ1n) is 11.6. The van der Waals surface area contributed by atoms with Crippen molar-refractivity contribution in [3.8, 4) is 5.69 Å². The van der Waals surface area contributed by atoms with E-state index >= 15 is 0 Å². The maximum Gasteiger partial charge on any atom is 0.0657 e. The first kappa shape index (κ1) is 4.74. The maximum atomic E-state index is 8.47. The lowest BCUT2D eigenvalue weighted by Gasteiger charge is -2.07. The summed E-state index contributed by atoms with van der Waals surface area (Å²) in [6, 6.07) is -6.65. The van der Waals surface area contributed by atoms with Crippen molar-refractivity contribution in [3.63, 3.8) is 0 Å². The van der Waals surface area contributed by atoms with Crippen molar-refractivity contribution < 1.29 is 16.4 Å². The van der Waals surface area contributed by atoms with Gasteiger partial charge in [-0.05, 0) is 30.2 Å². The number of para-hydroxylation sites is 2. The fourth-order valence-electron chi connectivity index (χ4n) is 2.07. The zero-order valence-electron chi connectivity index (χ0n) is 21.8. The molecule has 3 aromatic carbocycles. The molecule has 0 aliphatic heterocycles. The Kier molecular flexibility index (Phi) is 1.07. The average Bonchev–Trinajstić information content (AvgIpc) is 3.12. The van der Waals surface area contributed by atoms with Crippen molar-refractivity contribution in [2.24, 2.45) is 0 Å². The van der Waals surface area contributed by atoms with Gasteiger partial charge in [-0.2, -0.15) is 0 Å². The van der Waals surface area contributed by atoms with Crippen LogP contribution in [0.4, 0.5) is 0 Å². The van der Waals surface area contributed by atoms with Gasteiger partial charge in [0.2, 0.25) is 0 Å². The van der Waals surface area contributed by atoms with E-state index in [0.29, 0.717) is 0 Å². The maximum absolute atomic E-state index is 8.47. The summed E-state index contributed by atoms with van der Waals surface area (Å²) in [5, 5.41) is -0.371. The molecular weight excluding hydrogens is 310 g/mol. The predicted octanol–water partition coefficient (Wildman–Crippen LogP) is 5.55. The smallest absolute Gasteiger partial charge is 0.0657 e. The summed E-state index contributed by atoms with van der Waals surface area (Å²) in [7, 11) is 0. The zero-order valence-corrected chi connectivity index (χ0v) is 11.4. The standard InChI is InChI=1S/C18H12BrN/c19-13-6-5-7-14(12-13)20-17-10-3-1-8-15(17)16-9-2-4-11-18(16)20/h1-12H/i1D,2D,3D,4D,5D,6D,7D,8D,9D,10D,11D,12D. The summed E-state index contributed by atoms with van der Waals surface area (Å²) >= 11 is 3.05. The Morgan fingerprint density at radius 2 is 1.35 bits per heavy atom. The van der Waals surface area contributed by atoms with Gasteiger partial charge in [-0.1, -0.05) is 58.2 Å². The Labute approximate surface area is 142 Å². The first-order valence-corrected chi connectivity index (χ1v) is 6.40.